The van der Waals surface area contributed by atoms with Gasteiger partial charge in [-0.2, -0.15) is 0 Å². The maximum Gasteiger partial charge on any atom is 0.225 e. The molecule has 2 N–H and O–H groups in total. The molecule has 29 heavy (non-hydrogen) atoms. The van der Waals surface area contributed by atoms with Gasteiger partial charge in [0.05, 0.1) is 11.5 Å². The Bertz CT molecular complexity index is 848. The first kappa shape index (κ1) is 20.5. The van der Waals surface area contributed by atoms with Crippen molar-refractivity contribution < 1.29 is 14.6 Å². The quantitative estimate of drug-likeness (QED) is 0.641. The molecule has 2 aliphatic rings. The second kappa shape index (κ2) is 8.93. The first-order valence-electron chi connectivity index (χ1n) is 10.5. The SMILES string of the molecule is CN(C)C1CCC(Oc2ncnc3sc4c(c23)[C@@H](C[C@@H](O)CNC=O)CC4)CC1. The molecule has 0 bridgehead atoms. The standard InChI is InChI=1S/C21H30N4O3S/c1-25(2)14-4-6-16(7-5-14)28-20-19-18-13(9-15(27)10-22-12-26)3-8-17(18)29-21(19)24-11-23-20/h11-16,27H,3-10H2,1-2H3,(H,22,26)/t13-,14?,15-,16?/m1/s1. The van der Waals surface area contributed by atoms with Gasteiger partial charge in [-0.15, -0.1) is 11.3 Å². The number of aromatic nitrogens is 2. The molecule has 158 valence electrons. The van der Waals surface area contributed by atoms with Crippen molar-refractivity contribution >= 4 is 28.0 Å². The smallest absolute Gasteiger partial charge is 0.225 e. The monoisotopic (exact) mass is 418 g/mol. The Labute approximate surface area is 175 Å². The van der Waals surface area contributed by atoms with Crippen LogP contribution in [0.15, 0.2) is 6.33 Å². The minimum Gasteiger partial charge on any atom is -0.474 e. The number of ether oxygens (including phenoxy) is 1. The largest absolute Gasteiger partial charge is 0.474 e. The highest BCUT2D eigenvalue weighted by atomic mass is 32.1. The maximum atomic E-state index is 10.5. The molecule has 1 amide bonds. The highest BCUT2D eigenvalue weighted by molar-refractivity contribution is 7.19. The van der Waals surface area contributed by atoms with Gasteiger partial charge >= 0.3 is 0 Å². The normalized spacial score (nSPS) is 25.2. The summed E-state index contributed by atoms with van der Waals surface area (Å²) in [5, 5.41) is 13.9. The summed E-state index contributed by atoms with van der Waals surface area (Å²) < 4.78 is 6.41. The van der Waals surface area contributed by atoms with Gasteiger partial charge in [-0.1, -0.05) is 0 Å². The summed E-state index contributed by atoms with van der Waals surface area (Å²) >= 11 is 1.72. The van der Waals surface area contributed by atoms with E-state index in [0.29, 0.717) is 24.8 Å². The van der Waals surface area contributed by atoms with E-state index in [2.05, 4.69) is 34.3 Å². The zero-order valence-corrected chi connectivity index (χ0v) is 18.0. The second-order valence-electron chi connectivity index (χ2n) is 8.46. The molecule has 0 radical (unpaired) electrons. The average Bonchev–Trinajstić information content (AvgIpc) is 3.27. The lowest BCUT2D eigenvalue weighted by molar-refractivity contribution is -0.110. The van der Waals surface area contributed by atoms with Crippen LogP contribution in [0, 0.1) is 0 Å². The van der Waals surface area contributed by atoms with Crippen LogP contribution in [0.25, 0.3) is 10.2 Å². The van der Waals surface area contributed by atoms with Crippen LogP contribution in [0.5, 0.6) is 5.88 Å². The van der Waals surface area contributed by atoms with Crippen LogP contribution in [0.4, 0.5) is 0 Å². The minimum absolute atomic E-state index is 0.196. The molecule has 0 aliphatic heterocycles. The van der Waals surface area contributed by atoms with Gasteiger partial charge in [-0.05, 0) is 70.5 Å². The number of thiophene rings is 1. The van der Waals surface area contributed by atoms with E-state index in [0.717, 1.165) is 48.7 Å². The van der Waals surface area contributed by atoms with Crippen molar-refractivity contribution in [3.63, 3.8) is 0 Å². The van der Waals surface area contributed by atoms with Crippen LogP contribution in [-0.2, 0) is 11.2 Å². The van der Waals surface area contributed by atoms with Crippen molar-refractivity contribution in [3.8, 4) is 5.88 Å². The number of hydrogen-bond donors (Lipinski definition) is 2. The number of aliphatic hydroxyl groups is 1. The van der Waals surface area contributed by atoms with Crippen molar-refractivity contribution in [1.82, 2.24) is 20.2 Å². The van der Waals surface area contributed by atoms with Crippen molar-refractivity contribution in [2.24, 2.45) is 0 Å². The number of nitrogens with one attached hydrogen (secondary N) is 1. The third kappa shape index (κ3) is 4.39. The van der Waals surface area contributed by atoms with Gasteiger partial charge in [0.15, 0.2) is 0 Å². The topological polar surface area (TPSA) is 87.6 Å². The number of carbonyl (C=O) groups excluding carboxylic acids is 1. The van der Waals surface area contributed by atoms with Crippen LogP contribution in [0.2, 0.25) is 0 Å². The van der Waals surface area contributed by atoms with Crippen LogP contribution in [0.1, 0.15) is 54.9 Å². The predicted octanol–water partition coefficient (Wildman–Crippen LogP) is 2.47. The van der Waals surface area contributed by atoms with Crippen molar-refractivity contribution in [2.45, 2.75) is 69.1 Å². The fourth-order valence-electron chi connectivity index (χ4n) is 4.80. The van der Waals surface area contributed by atoms with E-state index in [1.165, 1.54) is 10.4 Å². The molecule has 0 unspecified atom stereocenters. The van der Waals surface area contributed by atoms with Crippen LogP contribution < -0.4 is 10.1 Å². The molecule has 2 aliphatic carbocycles. The highest BCUT2D eigenvalue weighted by Crippen LogP contribution is 2.47. The van der Waals surface area contributed by atoms with Crippen LogP contribution in [-0.4, -0.2) is 65.3 Å². The molecule has 0 saturated heterocycles. The summed E-state index contributed by atoms with van der Waals surface area (Å²) in [7, 11) is 4.29. The van der Waals surface area contributed by atoms with Crippen LogP contribution in [0.3, 0.4) is 0 Å². The lowest BCUT2D eigenvalue weighted by Crippen LogP contribution is -2.35. The van der Waals surface area contributed by atoms with E-state index >= 15 is 0 Å². The predicted molar refractivity (Wildman–Crippen MR) is 114 cm³/mol. The molecule has 2 aromatic heterocycles. The molecule has 0 aromatic carbocycles. The highest BCUT2D eigenvalue weighted by Gasteiger charge is 2.32. The fraction of sp³-hybridized carbons (Fsp3) is 0.667. The Hall–Kier alpha value is -1.77. The third-order valence-corrected chi connectivity index (χ3v) is 7.51. The number of fused-ring (bicyclic) bond motifs is 3. The zero-order chi connectivity index (χ0) is 20.4. The molecule has 1 fully saturated rings. The first-order valence-corrected chi connectivity index (χ1v) is 11.3. The van der Waals surface area contributed by atoms with Crippen molar-refractivity contribution in [1.29, 1.82) is 0 Å². The summed E-state index contributed by atoms with van der Waals surface area (Å²) in [6.07, 6.45) is 8.89. The Morgan fingerprint density at radius 2 is 2.10 bits per heavy atom. The summed E-state index contributed by atoms with van der Waals surface area (Å²) in [4.78, 5) is 24.1. The molecular formula is C21H30N4O3S. The number of amides is 1. The van der Waals surface area contributed by atoms with Gasteiger partial charge in [0.1, 0.15) is 17.3 Å². The van der Waals surface area contributed by atoms with Gasteiger partial charge in [-0.25, -0.2) is 9.97 Å². The van der Waals surface area contributed by atoms with E-state index in [9.17, 15) is 9.90 Å². The zero-order valence-electron chi connectivity index (χ0n) is 17.1. The Balaban J connectivity index is 1.53. The number of nitrogens with zero attached hydrogens (tertiary/aromatic N) is 3. The second-order valence-corrected chi connectivity index (χ2v) is 9.54. The molecule has 2 aromatic rings. The number of rotatable bonds is 8. The molecular weight excluding hydrogens is 388 g/mol. The van der Waals surface area contributed by atoms with E-state index in [4.69, 9.17) is 4.74 Å². The number of aryl methyl sites for hydroxylation is 1. The Kier molecular flexibility index (Phi) is 6.32. The summed E-state index contributed by atoms with van der Waals surface area (Å²) in [5.41, 5.74) is 1.26. The summed E-state index contributed by atoms with van der Waals surface area (Å²) in [6, 6.07) is 0.636. The molecule has 1 saturated carbocycles. The Morgan fingerprint density at radius 3 is 2.83 bits per heavy atom. The van der Waals surface area contributed by atoms with Gasteiger partial charge in [0.25, 0.3) is 0 Å². The summed E-state index contributed by atoms with van der Waals surface area (Å²) in [5.74, 6) is 0.952. The summed E-state index contributed by atoms with van der Waals surface area (Å²) in [6.45, 7) is 0.284. The molecule has 4 rings (SSSR count). The number of aliphatic hydroxyl groups excluding tert-OH is 1. The van der Waals surface area contributed by atoms with E-state index in [1.807, 2.05) is 0 Å². The lowest BCUT2D eigenvalue weighted by atomic mass is 9.92. The molecule has 7 nitrogen and oxygen atoms in total. The van der Waals surface area contributed by atoms with Gasteiger partial charge in [0.2, 0.25) is 12.3 Å². The van der Waals surface area contributed by atoms with Gasteiger partial charge in [0, 0.05) is 17.5 Å². The van der Waals surface area contributed by atoms with Gasteiger partial charge in [-0.3, -0.25) is 4.79 Å². The van der Waals surface area contributed by atoms with E-state index in [-0.39, 0.29) is 18.6 Å². The maximum absolute atomic E-state index is 10.5. The van der Waals surface area contributed by atoms with E-state index < -0.39 is 6.10 Å². The first-order chi connectivity index (χ1) is 14.1. The van der Waals surface area contributed by atoms with Gasteiger partial charge < -0.3 is 20.1 Å². The van der Waals surface area contributed by atoms with E-state index in [1.54, 1.807) is 17.7 Å². The minimum atomic E-state index is -0.554. The molecule has 2 heterocycles. The molecule has 8 heteroatoms. The number of carbonyl (C=O) groups is 1. The van der Waals surface area contributed by atoms with Crippen molar-refractivity contribution in [2.75, 3.05) is 20.6 Å². The molecule has 2 atom stereocenters. The number of hydrogen-bond acceptors (Lipinski definition) is 7. The Morgan fingerprint density at radius 1 is 1.31 bits per heavy atom. The molecule has 0 spiro atoms. The average molecular weight is 419 g/mol. The third-order valence-electron chi connectivity index (χ3n) is 6.34. The fourth-order valence-corrected chi connectivity index (χ4v) is 6.03. The van der Waals surface area contributed by atoms with Crippen molar-refractivity contribution in [3.05, 3.63) is 16.8 Å². The lowest BCUT2D eigenvalue weighted by Gasteiger charge is -2.32. The van der Waals surface area contributed by atoms with Crippen LogP contribution >= 0.6 is 11.3 Å².